The zero-order valence-corrected chi connectivity index (χ0v) is 19.7. The summed E-state index contributed by atoms with van der Waals surface area (Å²) >= 11 is 7.59. The minimum Gasteiger partial charge on any atom is -0.318 e. The van der Waals surface area contributed by atoms with Crippen LogP contribution in [0.5, 0.6) is 0 Å². The fraction of sp³-hybridized carbons (Fsp3) is 0.125. The monoisotopic (exact) mass is 474 g/mol. The van der Waals surface area contributed by atoms with E-state index >= 15 is 0 Å². The van der Waals surface area contributed by atoms with Crippen LogP contribution in [-0.2, 0) is 4.79 Å². The highest BCUT2D eigenvalue weighted by molar-refractivity contribution is 8.27. The summed E-state index contributed by atoms with van der Waals surface area (Å²) in [6.07, 6.45) is 5.09. The molecule has 9 heteroatoms. The van der Waals surface area contributed by atoms with E-state index in [-0.39, 0.29) is 11.4 Å². The molecule has 0 saturated carbocycles. The number of aliphatic imine (C=N–C) groups is 1. The van der Waals surface area contributed by atoms with Crippen LogP contribution in [0.1, 0.15) is 28.1 Å². The van der Waals surface area contributed by atoms with Gasteiger partial charge in [0.15, 0.2) is 5.84 Å². The molecule has 1 aromatic carbocycles. The number of nitrogens with one attached hydrogen (secondary N) is 1. The third-order valence-corrected chi connectivity index (χ3v) is 6.98. The minimum absolute atomic E-state index is 0.000120. The Hall–Kier alpha value is -3.49. The molecule has 0 bridgehead atoms. The third kappa shape index (κ3) is 3.61. The van der Waals surface area contributed by atoms with E-state index < -0.39 is 5.91 Å². The maximum atomic E-state index is 12.8. The Labute approximate surface area is 200 Å². The number of hydrogen-bond donors (Lipinski definition) is 1. The van der Waals surface area contributed by atoms with Crippen LogP contribution in [0.3, 0.4) is 0 Å². The second-order valence-corrected chi connectivity index (χ2v) is 9.08. The van der Waals surface area contributed by atoms with Crippen molar-refractivity contribution in [2.75, 3.05) is 0 Å². The molecule has 1 amide bonds. The molecular weight excluding hydrogens is 456 g/mol. The summed E-state index contributed by atoms with van der Waals surface area (Å²) < 4.78 is 2.10. The van der Waals surface area contributed by atoms with E-state index in [0.29, 0.717) is 15.2 Å². The second-order valence-electron chi connectivity index (χ2n) is 7.71. The highest BCUT2D eigenvalue weighted by atomic mass is 35.5. The van der Waals surface area contributed by atoms with Crippen LogP contribution in [0.4, 0.5) is 0 Å². The van der Waals surface area contributed by atoms with Crippen LogP contribution < -0.4 is 0 Å². The van der Waals surface area contributed by atoms with E-state index in [4.69, 9.17) is 17.0 Å². The number of hydrogen-bond acceptors (Lipinski definition) is 5. The lowest BCUT2D eigenvalue weighted by molar-refractivity contribution is -0.114. The molecular formula is C24H19ClN6OS. The van der Waals surface area contributed by atoms with E-state index in [9.17, 15) is 4.79 Å². The average Bonchev–Trinajstić information content (AvgIpc) is 3.34. The first-order valence-corrected chi connectivity index (χ1v) is 11.4. The van der Waals surface area contributed by atoms with Crippen molar-refractivity contribution in [1.82, 2.24) is 14.6 Å². The van der Waals surface area contributed by atoms with Gasteiger partial charge in [-0.2, -0.15) is 15.1 Å². The van der Waals surface area contributed by atoms with E-state index in [0.717, 1.165) is 33.8 Å². The van der Waals surface area contributed by atoms with Crippen LogP contribution in [-0.4, -0.2) is 36.5 Å². The van der Waals surface area contributed by atoms with Gasteiger partial charge in [0.1, 0.15) is 5.04 Å². The van der Waals surface area contributed by atoms with Crippen LogP contribution in [0.25, 0.3) is 11.8 Å². The summed E-state index contributed by atoms with van der Waals surface area (Å²) in [7, 11) is 0. The molecule has 2 aromatic heterocycles. The van der Waals surface area contributed by atoms with Crippen molar-refractivity contribution in [3.05, 3.63) is 87.5 Å². The van der Waals surface area contributed by atoms with Crippen molar-refractivity contribution in [1.29, 1.82) is 5.41 Å². The summed E-state index contributed by atoms with van der Waals surface area (Å²) in [5.74, 6) is -0.453. The van der Waals surface area contributed by atoms with Gasteiger partial charge in [0.2, 0.25) is 5.17 Å². The number of nitrogens with zero attached hydrogens (tertiary/aromatic N) is 5. The Bertz CT molecular complexity index is 1420. The molecule has 0 spiro atoms. The highest BCUT2D eigenvalue weighted by Gasteiger charge is 2.36. The topological polar surface area (TPSA) is 86.7 Å². The van der Waals surface area contributed by atoms with Crippen LogP contribution in [0, 0.1) is 26.2 Å². The molecule has 0 aliphatic carbocycles. The first-order valence-electron chi connectivity index (χ1n) is 10.2. The largest absolute Gasteiger partial charge is 0.318 e. The van der Waals surface area contributed by atoms with Crippen molar-refractivity contribution in [3.8, 4) is 5.69 Å². The number of aryl methyl sites for hydroxylation is 1. The number of rotatable bonds is 3. The lowest BCUT2D eigenvalue weighted by Gasteiger charge is -2.20. The molecule has 0 radical (unpaired) electrons. The zero-order valence-electron chi connectivity index (χ0n) is 18.1. The van der Waals surface area contributed by atoms with Crippen molar-refractivity contribution in [3.63, 3.8) is 0 Å². The molecule has 0 saturated heterocycles. The molecule has 4 heterocycles. The summed E-state index contributed by atoms with van der Waals surface area (Å²) in [4.78, 5) is 21.1. The molecule has 1 N–H and O–H groups in total. The van der Waals surface area contributed by atoms with Gasteiger partial charge >= 0.3 is 0 Å². The van der Waals surface area contributed by atoms with E-state index in [1.807, 2.05) is 57.2 Å². The number of thioether (sulfide) groups is 1. The normalized spacial score (nSPS) is 16.8. The van der Waals surface area contributed by atoms with Crippen LogP contribution in [0.15, 0.2) is 64.5 Å². The Balaban J connectivity index is 1.54. The summed E-state index contributed by atoms with van der Waals surface area (Å²) in [6.45, 7) is 5.96. The molecule has 3 aromatic rings. The number of amides is 1. The van der Waals surface area contributed by atoms with Crippen molar-refractivity contribution < 1.29 is 4.79 Å². The van der Waals surface area contributed by atoms with Gasteiger partial charge in [-0.05, 0) is 80.1 Å². The molecule has 2 aliphatic rings. The van der Waals surface area contributed by atoms with Crippen molar-refractivity contribution in [2.45, 2.75) is 20.8 Å². The molecule has 33 heavy (non-hydrogen) atoms. The second kappa shape index (κ2) is 8.13. The van der Waals surface area contributed by atoms with E-state index in [2.05, 4.69) is 19.6 Å². The number of hydrazone groups is 1. The molecule has 7 nitrogen and oxygen atoms in total. The van der Waals surface area contributed by atoms with Crippen molar-refractivity contribution >= 4 is 51.4 Å². The molecule has 0 unspecified atom stereocenters. The minimum atomic E-state index is -0.454. The molecule has 0 fully saturated rings. The standard InChI is InChI=1S/C24H19ClN6OS/c1-13-10-17(15(3)30(13)20-8-4-7-19(25)14(20)2)11-18-21(26)31-24(28-22(18)32)33-23(29-31)16-6-5-9-27-12-16/h4-12,26H,1-3H3/b18-11+,26-21?. The predicted molar refractivity (Wildman–Crippen MR) is 133 cm³/mol. The number of pyridine rings is 1. The molecule has 2 aliphatic heterocycles. The quantitative estimate of drug-likeness (QED) is 0.534. The van der Waals surface area contributed by atoms with Gasteiger partial charge in [0.25, 0.3) is 5.91 Å². The summed E-state index contributed by atoms with van der Waals surface area (Å²) in [5.41, 5.74) is 5.73. The number of halogens is 1. The molecule has 164 valence electrons. The Kier molecular flexibility index (Phi) is 5.26. The number of aromatic nitrogens is 2. The smallest absolute Gasteiger partial charge is 0.283 e. The number of fused-ring (bicyclic) bond motifs is 1. The lowest BCUT2D eigenvalue weighted by Crippen LogP contribution is -2.35. The SMILES string of the molecule is Cc1c(Cl)cccc1-n1c(C)cc(/C=C2\C(=N)N3N=C(c4cccnc4)SC3=NC2=O)c1C. The summed E-state index contributed by atoms with van der Waals surface area (Å²) in [5, 5.41) is 16.3. The zero-order chi connectivity index (χ0) is 23.3. The Morgan fingerprint density at radius 3 is 2.73 bits per heavy atom. The average molecular weight is 475 g/mol. The van der Waals surface area contributed by atoms with Gasteiger partial charge < -0.3 is 4.57 Å². The van der Waals surface area contributed by atoms with Gasteiger partial charge in [-0.25, -0.2) is 0 Å². The van der Waals surface area contributed by atoms with E-state index in [1.165, 1.54) is 16.8 Å². The number of carbonyl (C=O) groups is 1. The summed E-state index contributed by atoms with van der Waals surface area (Å²) in [6, 6.07) is 11.5. The Morgan fingerprint density at radius 2 is 1.97 bits per heavy atom. The molecule has 5 rings (SSSR count). The number of carbonyl (C=O) groups excluding carboxylic acids is 1. The maximum absolute atomic E-state index is 12.8. The maximum Gasteiger partial charge on any atom is 0.283 e. The van der Waals surface area contributed by atoms with Crippen LogP contribution in [0.2, 0.25) is 5.02 Å². The Morgan fingerprint density at radius 1 is 1.15 bits per heavy atom. The van der Waals surface area contributed by atoms with Gasteiger partial charge in [0, 0.05) is 40.1 Å². The third-order valence-electron chi connectivity index (χ3n) is 5.61. The fourth-order valence-electron chi connectivity index (χ4n) is 3.90. The van der Waals surface area contributed by atoms with Gasteiger partial charge in [-0.1, -0.05) is 17.7 Å². The first-order chi connectivity index (χ1) is 15.8. The fourth-order valence-corrected chi connectivity index (χ4v) is 4.95. The lowest BCUT2D eigenvalue weighted by atomic mass is 10.1. The highest BCUT2D eigenvalue weighted by Crippen LogP contribution is 2.32. The predicted octanol–water partition coefficient (Wildman–Crippen LogP) is 5.12. The van der Waals surface area contributed by atoms with Gasteiger partial charge in [0.05, 0.1) is 5.57 Å². The van der Waals surface area contributed by atoms with Crippen molar-refractivity contribution in [2.24, 2.45) is 10.1 Å². The van der Waals surface area contributed by atoms with Gasteiger partial charge in [-0.3, -0.25) is 15.2 Å². The van der Waals surface area contributed by atoms with E-state index in [1.54, 1.807) is 18.5 Å². The molecule has 0 atom stereocenters. The number of benzene rings is 1. The number of amidine groups is 2. The van der Waals surface area contributed by atoms with Gasteiger partial charge in [-0.15, -0.1) is 0 Å². The van der Waals surface area contributed by atoms with Crippen LogP contribution >= 0.6 is 23.4 Å². The first kappa shape index (κ1) is 21.4.